The Bertz CT molecular complexity index is 882. The predicted molar refractivity (Wildman–Crippen MR) is 122 cm³/mol. The molecule has 0 bridgehead atoms. The van der Waals surface area contributed by atoms with E-state index in [9.17, 15) is 30.0 Å². The second-order valence-electron chi connectivity index (χ2n) is 11.4. The molecule has 34 heavy (non-hydrogen) atoms. The van der Waals surface area contributed by atoms with E-state index in [0.717, 1.165) is 18.4 Å². The number of hydrogen-bond acceptors (Lipinski definition) is 8. The summed E-state index contributed by atoms with van der Waals surface area (Å²) in [7, 11) is 0. The smallest absolute Gasteiger partial charge is 0.186 e. The van der Waals surface area contributed by atoms with E-state index in [4.69, 9.17) is 9.47 Å². The normalized spacial score (nSPS) is 49.1. The monoisotopic (exact) mass is 478 g/mol. The van der Waals surface area contributed by atoms with E-state index in [2.05, 4.69) is 26.5 Å². The fourth-order valence-corrected chi connectivity index (χ4v) is 6.84. The van der Waals surface area contributed by atoms with E-state index < -0.39 is 42.7 Å². The van der Waals surface area contributed by atoms with Crippen LogP contribution in [0, 0.1) is 28.1 Å². The average molecular weight is 479 g/mol. The van der Waals surface area contributed by atoms with Crippen LogP contribution < -0.4 is 0 Å². The Kier molecular flexibility index (Phi) is 6.72. The number of carbonyl (C=O) groups is 2. The van der Waals surface area contributed by atoms with Crippen molar-refractivity contribution in [2.24, 2.45) is 28.1 Å². The van der Waals surface area contributed by atoms with Crippen molar-refractivity contribution in [2.75, 3.05) is 13.2 Å². The number of hydrogen-bond donors (Lipinski definition) is 4. The van der Waals surface area contributed by atoms with Crippen molar-refractivity contribution in [1.82, 2.24) is 0 Å². The van der Waals surface area contributed by atoms with Crippen LogP contribution in [0.15, 0.2) is 24.3 Å². The second kappa shape index (κ2) is 8.91. The number of carbonyl (C=O) groups excluding carboxylic acids is 2. The Labute approximate surface area is 200 Å². The molecule has 4 N–H and O–H groups in total. The highest BCUT2D eigenvalue weighted by Gasteiger charge is 2.61. The van der Waals surface area contributed by atoms with Gasteiger partial charge in [-0.05, 0) is 42.1 Å². The van der Waals surface area contributed by atoms with Gasteiger partial charge in [-0.15, -0.1) is 6.58 Å². The SMILES string of the molecule is C=C[C@]1(C)C=C2C(=O)C[C@H]3[C@@](C)(CO[C@@H]4O[C@H](CO)[C@@H](O)[C@@H](O)[C@@H]4O)C(=O)CC[C@]3(C)C2CC1. The van der Waals surface area contributed by atoms with Crippen LogP contribution in [-0.4, -0.2) is 75.9 Å². The number of rotatable bonds is 5. The first kappa shape index (κ1) is 25.7. The molecule has 0 radical (unpaired) electrons. The van der Waals surface area contributed by atoms with Gasteiger partial charge in [-0.1, -0.05) is 32.9 Å². The minimum absolute atomic E-state index is 0.00605. The Morgan fingerprint density at radius 1 is 1.15 bits per heavy atom. The molecule has 3 fully saturated rings. The first-order valence-electron chi connectivity index (χ1n) is 12.2. The van der Waals surface area contributed by atoms with Gasteiger partial charge < -0.3 is 29.9 Å². The van der Waals surface area contributed by atoms with Crippen molar-refractivity contribution >= 4 is 11.6 Å². The molecule has 0 aromatic heterocycles. The molecule has 4 rings (SSSR count). The maximum atomic E-state index is 13.3. The summed E-state index contributed by atoms with van der Waals surface area (Å²) in [5.74, 6) is -0.110. The highest BCUT2D eigenvalue weighted by molar-refractivity contribution is 5.99. The van der Waals surface area contributed by atoms with Crippen LogP contribution in [0.1, 0.15) is 52.9 Å². The fraction of sp³-hybridized carbons (Fsp3) is 0.769. The molecule has 4 aliphatic rings. The number of aliphatic hydroxyl groups is 4. The summed E-state index contributed by atoms with van der Waals surface area (Å²) in [6.07, 6.45) is 0.0689. The van der Waals surface area contributed by atoms with Gasteiger partial charge in [0.1, 0.15) is 30.2 Å². The summed E-state index contributed by atoms with van der Waals surface area (Å²) in [6.45, 7) is 9.38. The van der Waals surface area contributed by atoms with Crippen LogP contribution in [0.3, 0.4) is 0 Å². The van der Waals surface area contributed by atoms with Crippen molar-refractivity contribution in [1.29, 1.82) is 0 Å². The van der Waals surface area contributed by atoms with Crippen molar-refractivity contribution in [3.8, 4) is 0 Å². The molecule has 1 aliphatic heterocycles. The predicted octanol–water partition coefficient (Wildman–Crippen LogP) is 1.30. The summed E-state index contributed by atoms with van der Waals surface area (Å²) >= 11 is 0. The zero-order valence-electron chi connectivity index (χ0n) is 20.3. The van der Waals surface area contributed by atoms with Gasteiger partial charge >= 0.3 is 0 Å². The number of aliphatic hydroxyl groups excluding tert-OH is 4. The number of allylic oxidation sites excluding steroid dienone is 3. The number of ketones is 2. The third-order valence-electron chi connectivity index (χ3n) is 9.29. The molecule has 1 unspecified atom stereocenters. The summed E-state index contributed by atoms with van der Waals surface area (Å²) < 4.78 is 11.3. The van der Waals surface area contributed by atoms with Gasteiger partial charge in [0.15, 0.2) is 12.1 Å². The van der Waals surface area contributed by atoms with Gasteiger partial charge in [0.2, 0.25) is 0 Å². The summed E-state index contributed by atoms with van der Waals surface area (Å²) in [6, 6.07) is 0. The molecular formula is C26H38O8. The highest BCUT2D eigenvalue weighted by atomic mass is 16.7. The van der Waals surface area contributed by atoms with Gasteiger partial charge in [0.05, 0.1) is 18.6 Å². The minimum Gasteiger partial charge on any atom is -0.394 e. The standard InChI is InChI=1S/C26H38O8/c1-5-24(2)8-6-15-14(11-24)16(28)10-18-25(15,3)9-7-19(29)26(18,4)13-33-23-22(32)21(31)20(30)17(12-27)34-23/h5,11,15,17-18,20-23,27,30-32H,1,6-10,12-13H2,2-4H3/t15?,17-,18-,20-,21-,22+,23-,24+,25-,26-/m1/s1. The third kappa shape index (κ3) is 3.92. The minimum atomic E-state index is -1.55. The Hall–Kier alpha value is -1.42. The second-order valence-corrected chi connectivity index (χ2v) is 11.4. The van der Waals surface area contributed by atoms with Crippen LogP contribution in [0.4, 0.5) is 0 Å². The van der Waals surface area contributed by atoms with E-state index >= 15 is 0 Å². The summed E-state index contributed by atoms with van der Waals surface area (Å²) in [5.41, 5.74) is -0.584. The molecule has 190 valence electrons. The molecular weight excluding hydrogens is 440 g/mol. The molecule has 0 amide bonds. The molecule has 0 aromatic carbocycles. The van der Waals surface area contributed by atoms with Crippen molar-refractivity contribution in [3.63, 3.8) is 0 Å². The first-order chi connectivity index (χ1) is 15.9. The maximum absolute atomic E-state index is 13.3. The lowest BCUT2D eigenvalue weighted by Crippen LogP contribution is -2.61. The quantitative estimate of drug-likeness (QED) is 0.435. The Balaban J connectivity index is 1.59. The molecule has 8 nitrogen and oxygen atoms in total. The van der Waals surface area contributed by atoms with Gasteiger partial charge in [-0.25, -0.2) is 0 Å². The molecule has 0 spiro atoms. The van der Waals surface area contributed by atoms with Gasteiger partial charge in [-0.3, -0.25) is 9.59 Å². The maximum Gasteiger partial charge on any atom is 0.186 e. The molecule has 1 heterocycles. The zero-order chi connectivity index (χ0) is 25.1. The van der Waals surface area contributed by atoms with Gasteiger partial charge in [0.25, 0.3) is 0 Å². The van der Waals surface area contributed by atoms with Crippen LogP contribution in [0.25, 0.3) is 0 Å². The van der Waals surface area contributed by atoms with Crippen molar-refractivity contribution < 1.29 is 39.5 Å². The largest absolute Gasteiger partial charge is 0.394 e. The van der Waals surface area contributed by atoms with Crippen LogP contribution in [0.2, 0.25) is 0 Å². The van der Waals surface area contributed by atoms with Crippen LogP contribution in [-0.2, 0) is 19.1 Å². The van der Waals surface area contributed by atoms with Gasteiger partial charge in [0, 0.05) is 18.3 Å². The Morgan fingerprint density at radius 2 is 1.85 bits per heavy atom. The number of Topliss-reactive ketones (excluding diaryl/α,β-unsaturated/α-hetero) is 2. The fourth-order valence-electron chi connectivity index (χ4n) is 6.84. The van der Waals surface area contributed by atoms with Crippen molar-refractivity contribution in [2.45, 2.75) is 83.6 Å². The average Bonchev–Trinajstić information content (AvgIpc) is 2.82. The molecule has 10 atom stereocenters. The molecule has 3 aliphatic carbocycles. The summed E-state index contributed by atoms with van der Waals surface area (Å²) in [5, 5.41) is 39.9. The highest BCUT2D eigenvalue weighted by Crippen LogP contribution is 2.62. The molecule has 2 saturated carbocycles. The van der Waals surface area contributed by atoms with E-state index in [0.29, 0.717) is 12.8 Å². The number of fused-ring (bicyclic) bond motifs is 3. The lowest BCUT2D eigenvalue weighted by Gasteiger charge is -2.58. The van der Waals surface area contributed by atoms with E-state index in [1.54, 1.807) is 0 Å². The molecule has 8 heteroatoms. The topological polar surface area (TPSA) is 134 Å². The first-order valence-corrected chi connectivity index (χ1v) is 12.2. The lowest BCUT2D eigenvalue weighted by atomic mass is 9.45. The van der Waals surface area contributed by atoms with Crippen molar-refractivity contribution in [3.05, 3.63) is 24.3 Å². The summed E-state index contributed by atoms with van der Waals surface area (Å²) in [4.78, 5) is 26.6. The van der Waals surface area contributed by atoms with Crippen LogP contribution >= 0.6 is 0 Å². The van der Waals surface area contributed by atoms with E-state index in [-0.39, 0.29) is 47.3 Å². The van der Waals surface area contributed by atoms with Gasteiger partial charge in [-0.2, -0.15) is 0 Å². The third-order valence-corrected chi connectivity index (χ3v) is 9.29. The molecule has 0 aromatic rings. The Morgan fingerprint density at radius 3 is 2.50 bits per heavy atom. The lowest BCUT2D eigenvalue weighted by molar-refractivity contribution is -0.307. The zero-order valence-corrected chi connectivity index (χ0v) is 20.3. The molecule has 1 saturated heterocycles. The van der Waals surface area contributed by atoms with Crippen LogP contribution in [0.5, 0.6) is 0 Å². The number of ether oxygens (including phenoxy) is 2. The van der Waals surface area contributed by atoms with E-state index in [1.807, 2.05) is 13.0 Å². The van der Waals surface area contributed by atoms with E-state index in [1.165, 1.54) is 0 Å².